The summed E-state index contributed by atoms with van der Waals surface area (Å²) in [6.45, 7) is 6.83. The van der Waals surface area contributed by atoms with E-state index in [1.54, 1.807) is 0 Å². The average Bonchev–Trinajstić information content (AvgIpc) is 2.94. The Labute approximate surface area is 120 Å². The highest BCUT2D eigenvalue weighted by atomic mass is 16.3. The van der Waals surface area contributed by atoms with Crippen LogP contribution in [0.15, 0.2) is 30.3 Å². The van der Waals surface area contributed by atoms with Gasteiger partial charge in [0, 0.05) is 11.1 Å². The fourth-order valence-electron chi connectivity index (χ4n) is 3.53. The Morgan fingerprint density at radius 3 is 2.75 bits per heavy atom. The van der Waals surface area contributed by atoms with Gasteiger partial charge in [-0.1, -0.05) is 45.4 Å². The van der Waals surface area contributed by atoms with E-state index in [4.69, 9.17) is 0 Å². The second-order valence-corrected chi connectivity index (χ2v) is 6.16. The Morgan fingerprint density at radius 2 is 2.10 bits per heavy atom. The molecule has 1 aromatic heterocycles. The van der Waals surface area contributed by atoms with Crippen LogP contribution in [0.1, 0.15) is 39.4 Å². The normalized spacial score (nSPS) is 21.4. The molecule has 1 N–H and O–H groups in total. The van der Waals surface area contributed by atoms with Crippen LogP contribution in [0.4, 0.5) is 0 Å². The Bertz CT molecular complexity index is 667. The van der Waals surface area contributed by atoms with Gasteiger partial charge in [-0.05, 0) is 24.5 Å². The standard InChI is InChI=1S/C17H22N2O/c1-4-12-9-10-15(17(12,2)3)19-14-8-6-5-7-13(14)18-16(19)11-20/h5-8,10,12,20H,4,9,11H2,1-3H3. The van der Waals surface area contributed by atoms with Gasteiger partial charge in [-0.15, -0.1) is 0 Å². The monoisotopic (exact) mass is 270 g/mol. The number of hydrogen-bond donors (Lipinski definition) is 1. The molecule has 0 aliphatic heterocycles. The molecule has 0 spiro atoms. The van der Waals surface area contributed by atoms with Crippen LogP contribution >= 0.6 is 0 Å². The number of aliphatic hydroxyl groups is 1. The Balaban J connectivity index is 2.20. The average molecular weight is 270 g/mol. The molecule has 3 rings (SSSR count). The number of aliphatic hydroxyl groups excluding tert-OH is 1. The van der Waals surface area contributed by atoms with Crippen molar-refractivity contribution in [2.75, 3.05) is 0 Å². The predicted molar refractivity (Wildman–Crippen MR) is 82.1 cm³/mol. The van der Waals surface area contributed by atoms with Crippen molar-refractivity contribution in [2.24, 2.45) is 11.3 Å². The number of para-hydroxylation sites is 2. The molecule has 0 saturated heterocycles. The second kappa shape index (κ2) is 4.74. The minimum Gasteiger partial charge on any atom is -0.388 e. The van der Waals surface area contributed by atoms with E-state index in [2.05, 4.69) is 42.5 Å². The van der Waals surface area contributed by atoms with E-state index in [9.17, 15) is 5.11 Å². The molecular weight excluding hydrogens is 248 g/mol. The lowest BCUT2D eigenvalue weighted by molar-refractivity contribution is 0.265. The summed E-state index contributed by atoms with van der Waals surface area (Å²) in [5.74, 6) is 1.40. The summed E-state index contributed by atoms with van der Waals surface area (Å²) in [5, 5.41) is 9.66. The van der Waals surface area contributed by atoms with Crippen LogP contribution in [0.25, 0.3) is 16.7 Å². The van der Waals surface area contributed by atoms with Crippen LogP contribution in [0.3, 0.4) is 0 Å². The smallest absolute Gasteiger partial charge is 0.140 e. The second-order valence-electron chi connectivity index (χ2n) is 6.16. The third kappa shape index (κ3) is 1.80. The van der Waals surface area contributed by atoms with Crippen LogP contribution in [0.2, 0.25) is 0 Å². The quantitative estimate of drug-likeness (QED) is 0.920. The lowest BCUT2D eigenvalue weighted by atomic mass is 9.78. The number of imidazole rings is 1. The van der Waals surface area contributed by atoms with Crippen molar-refractivity contribution in [2.45, 2.75) is 40.2 Å². The molecule has 20 heavy (non-hydrogen) atoms. The van der Waals surface area contributed by atoms with Crippen LogP contribution < -0.4 is 0 Å². The van der Waals surface area contributed by atoms with Crippen LogP contribution in [0.5, 0.6) is 0 Å². The fourth-order valence-corrected chi connectivity index (χ4v) is 3.53. The number of hydrogen-bond acceptors (Lipinski definition) is 2. The molecular formula is C17H22N2O. The molecule has 0 fully saturated rings. The van der Waals surface area contributed by atoms with E-state index in [0.717, 1.165) is 23.3 Å². The van der Waals surface area contributed by atoms with E-state index in [0.29, 0.717) is 5.92 Å². The van der Waals surface area contributed by atoms with Crippen molar-refractivity contribution in [1.29, 1.82) is 0 Å². The van der Waals surface area contributed by atoms with Crippen LogP contribution in [-0.4, -0.2) is 14.7 Å². The third-order valence-electron chi connectivity index (χ3n) is 4.78. The number of benzene rings is 1. The number of allylic oxidation sites excluding steroid dienone is 2. The fraction of sp³-hybridized carbons (Fsp3) is 0.471. The molecule has 106 valence electrons. The lowest BCUT2D eigenvalue weighted by Gasteiger charge is -2.31. The zero-order valence-electron chi connectivity index (χ0n) is 12.4. The highest BCUT2D eigenvalue weighted by molar-refractivity contribution is 5.81. The molecule has 0 amide bonds. The summed E-state index contributed by atoms with van der Waals surface area (Å²) in [7, 11) is 0. The molecule has 0 saturated carbocycles. The van der Waals surface area contributed by atoms with Gasteiger partial charge in [0.2, 0.25) is 0 Å². The Hall–Kier alpha value is -1.61. The van der Waals surface area contributed by atoms with Gasteiger partial charge in [-0.2, -0.15) is 0 Å². The molecule has 1 heterocycles. The number of nitrogens with zero attached hydrogens (tertiary/aromatic N) is 2. The summed E-state index contributed by atoms with van der Waals surface area (Å²) < 4.78 is 2.16. The zero-order valence-corrected chi connectivity index (χ0v) is 12.4. The number of fused-ring (bicyclic) bond motifs is 1. The van der Waals surface area contributed by atoms with Crippen molar-refractivity contribution in [1.82, 2.24) is 9.55 Å². The van der Waals surface area contributed by atoms with Gasteiger partial charge in [0.05, 0.1) is 11.0 Å². The Morgan fingerprint density at radius 1 is 1.35 bits per heavy atom. The maximum absolute atomic E-state index is 9.66. The van der Waals surface area contributed by atoms with Crippen molar-refractivity contribution in [3.63, 3.8) is 0 Å². The van der Waals surface area contributed by atoms with E-state index in [-0.39, 0.29) is 12.0 Å². The van der Waals surface area contributed by atoms with Gasteiger partial charge in [-0.3, -0.25) is 4.57 Å². The van der Waals surface area contributed by atoms with Crippen molar-refractivity contribution in [3.8, 4) is 0 Å². The highest BCUT2D eigenvalue weighted by Crippen LogP contribution is 2.48. The first kappa shape index (κ1) is 13.4. The SMILES string of the molecule is CCC1CC=C(n2c(CO)nc3ccccc32)C1(C)C. The van der Waals surface area contributed by atoms with E-state index in [1.807, 2.05) is 18.2 Å². The molecule has 0 bridgehead atoms. The van der Waals surface area contributed by atoms with Crippen LogP contribution in [0, 0.1) is 11.3 Å². The first-order chi connectivity index (χ1) is 9.59. The van der Waals surface area contributed by atoms with Crippen LogP contribution in [-0.2, 0) is 6.61 Å². The summed E-state index contributed by atoms with van der Waals surface area (Å²) in [6.07, 6.45) is 4.60. The zero-order chi connectivity index (χ0) is 14.3. The van der Waals surface area contributed by atoms with Gasteiger partial charge in [-0.25, -0.2) is 4.98 Å². The van der Waals surface area contributed by atoms with E-state index >= 15 is 0 Å². The van der Waals surface area contributed by atoms with Crippen molar-refractivity contribution >= 4 is 16.7 Å². The predicted octanol–water partition coefficient (Wildman–Crippen LogP) is 3.83. The summed E-state index contributed by atoms with van der Waals surface area (Å²) in [6, 6.07) is 8.10. The summed E-state index contributed by atoms with van der Waals surface area (Å²) >= 11 is 0. The third-order valence-corrected chi connectivity index (χ3v) is 4.78. The van der Waals surface area contributed by atoms with Crippen molar-refractivity contribution in [3.05, 3.63) is 36.2 Å². The van der Waals surface area contributed by atoms with Gasteiger partial charge in [0.1, 0.15) is 12.4 Å². The Kier molecular flexibility index (Phi) is 3.17. The highest BCUT2D eigenvalue weighted by Gasteiger charge is 2.38. The molecule has 1 aromatic carbocycles. The van der Waals surface area contributed by atoms with Gasteiger partial charge < -0.3 is 5.11 Å². The largest absolute Gasteiger partial charge is 0.388 e. The molecule has 3 nitrogen and oxygen atoms in total. The van der Waals surface area contributed by atoms with E-state index in [1.165, 1.54) is 12.1 Å². The maximum Gasteiger partial charge on any atom is 0.140 e. The summed E-state index contributed by atoms with van der Waals surface area (Å²) in [5.41, 5.74) is 3.44. The maximum atomic E-state index is 9.66. The molecule has 3 heteroatoms. The molecule has 0 radical (unpaired) electrons. The minimum atomic E-state index is -0.0289. The van der Waals surface area contributed by atoms with Gasteiger partial charge >= 0.3 is 0 Å². The molecule has 2 aromatic rings. The first-order valence-electron chi connectivity index (χ1n) is 7.37. The van der Waals surface area contributed by atoms with Crippen molar-refractivity contribution < 1.29 is 5.11 Å². The van der Waals surface area contributed by atoms with E-state index < -0.39 is 0 Å². The summed E-state index contributed by atoms with van der Waals surface area (Å²) in [4.78, 5) is 4.56. The molecule has 1 aliphatic rings. The van der Waals surface area contributed by atoms with Gasteiger partial charge in [0.25, 0.3) is 0 Å². The lowest BCUT2D eigenvalue weighted by Crippen LogP contribution is -2.23. The molecule has 1 unspecified atom stereocenters. The molecule has 1 atom stereocenters. The first-order valence-corrected chi connectivity index (χ1v) is 7.37. The number of rotatable bonds is 3. The molecule has 1 aliphatic carbocycles. The topological polar surface area (TPSA) is 38.0 Å². The van der Waals surface area contributed by atoms with Gasteiger partial charge in [0.15, 0.2) is 0 Å². The minimum absolute atomic E-state index is 0.0289. The number of aromatic nitrogens is 2.